The Hall–Kier alpha value is -3.78. The van der Waals surface area contributed by atoms with E-state index in [9.17, 15) is 8.42 Å². The first-order valence-electron chi connectivity index (χ1n) is 10.8. The molecule has 1 aromatic heterocycles. The van der Waals surface area contributed by atoms with Crippen LogP contribution < -0.4 is 13.8 Å². The maximum atomic E-state index is 13.7. The zero-order valence-electron chi connectivity index (χ0n) is 19.3. The van der Waals surface area contributed by atoms with Crippen molar-refractivity contribution in [1.82, 2.24) is 4.98 Å². The number of hydrogen-bond acceptors (Lipinski definition) is 6. The molecule has 0 fully saturated rings. The summed E-state index contributed by atoms with van der Waals surface area (Å²) in [4.78, 5) is 4.82. The maximum absolute atomic E-state index is 13.7. The van der Waals surface area contributed by atoms with Crippen molar-refractivity contribution >= 4 is 15.7 Å². The highest BCUT2D eigenvalue weighted by Crippen LogP contribution is 2.32. The van der Waals surface area contributed by atoms with E-state index in [1.165, 1.54) is 4.31 Å². The van der Waals surface area contributed by atoms with Gasteiger partial charge in [0.15, 0.2) is 0 Å². The maximum Gasteiger partial charge on any atom is 0.264 e. The predicted molar refractivity (Wildman–Crippen MR) is 131 cm³/mol. The van der Waals surface area contributed by atoms with Gasteiger partial charge in [0.2, 0.25) is 5.89 Å². The van der Waals surface area contributed by atoms with E-state index in [2.05, 4.69) is 4.98 Å². The van der Waals surface area contributed by atoms with Crippen LogP contribution >= 0.6 is 0 Å². The van der Waals surface area contributed by atoms with E-state index >= 15 is 0 Å². The Kier molecular flexibility index (Phi) is 6.88. The number of para-hydroxylation sites is 1. The van der Waals surface area contributed by atoms with Gasteiger partial charge in [-0.05, 0) is 62.4 Å². The van der Waals surface area contributed by atoms with Crippen molar-refractivity contribution in [1.29, 1.82) is 0 Å². The van der Waals surface area contributed by atoms with Crippen molar-refractivity contribution in [3.05, 3.63) is 90.3 Å². The number of ether oxygens (including phenoxy) is 2. The zero-order valence-corrected chi connectivity index (χ0v) is 20.1. The molecular formula is C26H26N2O5S. The second-order valence-corrected chi connectivity index (χ2v) is 9.34. The summed E-state index contributed by atoms with van der Waals surface area (Å²) in [5, 5.41) is 0. The molecule has 176 valence electrons. The molecule has 3 aromatic carbocycles. The summed E-state index contributed by atoms with van der Waals surface area (Å²) in [6.07, 6.45) is 0. The van der Waals surface area contributed by atoms with E-state index in [1.807, 2.05) is 31.2 Å². The van der Waals surface area contributed by atoms with Gasteiger partial charge in [0.1, 0.15) is 23.0 Å². The van der Waals surface area contributed by atoms with Gasteiger partial charge in [-0.2, -0.15) is 0 Å². The fourth-order valence-corrected chi connectivity index (χ4v) is 5.00. The van der Waals surface area contributed by atoms with Crippen molar-refractivity contribution in [3.63, 3.8) is 0 Å². The molecule has 4 aromatic rings. The van der Waals surface area contributed by atoms with Crippen LogP contribution in [0.25, 0.3) is 11.5 Å². The van der Waals surface area contributed by atoms with Crippen molar-refractivity contribution in [3.8, 4) is 23.0 Å². The van der Waals surface area contributed by atoms with E-state index in [-0.39, 0.29) is 11.4 Å². The fraction of sp³-hybridized carbons (Fsp3) is 0.192. The van der Waals surface area contributed by atoms with Gasteiger partial charge in [-0.1, -0.05) is 30.3 Å². The molecule has 0 spiro atoms. The van der Waals surface area contributed by atoms with Gasteiger partial charge >= 0.3 is 0 Å². The lowest BCUT2D eigenvalue weighted by Crippen LogP contribution is -2.31. The number of aromatic nitrogens is 1. The minimum atomic E-state index is -3.88. The molecular weight excluding hydrogens is 452 g/mol. The minimum Gasteiger partial charge on any atom is -0.496 e. The monoisotopic (exact) mass is 478 g/mol. The third-order valence-electron chi connectivity index (χ3n) is 5.29. The summed E-state index contributed by atoms with van der Waals surface area (Å²) in [6, 6.07) is 22.7. The van der Waals surface area contributed by atoms with Crippen LogP contribution in [0, 0.1) is 6.92 Å². The van der Waals surface area contributed by atoms with Gasteiger partial charge in [-0.15, -0.1) is 0 Å². The summed E-state index contributed by atoms with van der Waals surface area (Å²) in [6.45, 7) is 4.18. The lowest BCUT2D eigenvalue weighted by molar-refractivity contribution is 0.340. The highest BCUT2D eigenvalue weighted by molar-refractivity contribution is 7.92. The molecule has 0 atom stereocenters. The molecule has 34 heavy (non-hydrogen) atoms. The van der Waals surface area contributed by atoms with E-state index in [1.54, 1.807) is 68.6 Å². The van der Waals surface area contributed by atoms with Crippen molar-refractivity contribution < 1.29 is 22.3 Å². The molecule has 0 aliphatic rings. The number of anilines is 1. The number of hydrogen-bond donors (Lipinski definition) is 0. The number of sulfonamides is 1. The van der Waals surface area contributed by atoms with Crippen LogP contribution in [0.5, 0.6) is 11.5 Å². The Morgan fingerprint density at radius 3 is 2.29 bits per heavy atom. The van der Waals surface area contributed by atoms with E-state index in [0.29, 0.717) is 46.7 Å². The third-order valence-corrected chi connectivity index (χ3v) is 7.08. The number of benzene rings is 3. The highest BCUT2D eigenvalue weighted by Gasteiger charge is 2.27. The molecule has 8 heteroatoms. The van der Waals surface area contributed by atoms with Crippen molar-refractivity contribution in [2.75, 3.05) is 18.0 Å². The molecule has 0 radical (unpaired) electrons. The predicted octanol–water partition coefficient (Wildman–Crippen LogP) is 5.45. The van der Waals surface area contributed by atoms with Crippen LogP contribution in [0.3, 0.4) is 0 Å². The smallest absolute Gasteiger partial charge is 0.264 e. The van der Waals surface area contributed by atoms with Gasteiger partial charge in [0, 0.05) is 0 Å². The lowest BCUT2D eigenvalue weighted by atomic mass is 10.2. The molecule has 0 saturated carbocycles. The van der Waals surface area contributed by atoms with Crippen LogP contribution in [-0.4, -0.2) is 27.1 Å². The van der Waals surface area contributed by atoms with E-state index in [4.69, 9.17) is 13.9 Å². The number of rotatable bonds is 9. The summed E-state index contributed by atoms with van der Waals surface area (Å²) in [7, 11) is -2.30. The van der Waals surface area contributed by atoms with Gasteiger partial charge in [0.25, 0.3) is 10.0 Å². The molecule has 1 heterocycles. The quantitative estimate of drug-likeness (QED) is 0.318. The molecule has 0 aliphatic heterocycles. The molecule has 0 bridgehead atoms. The molecule has 0 unspecified atom stereocenters. The second-order valence-electron chi connectivity index (χ2n) is 7.47. The largest absolute Gasteiger partial charge is 0.496 e. The first-order valence-corrected chi connectivity index (χ1v) is 12.3. The molecule has 0 N–H and O–H groups in total. The van der Waals surface area contributed by atoms with Gasteiger partial charge in [-0.3, -0.25) is 4.31 Å². The Morgan fingerprint density at radius 1 is 0.941 bits per heavy atom. The first-order chi connectivity index (χ1) is 16.4. The van der Waals surface area contributed by atoms with E-state index < -0.39 is 10.0 Å². The Balaban J connectivity index is 1.75. The number of methoxy groups -OCH3 is 1. The van der Waals surface area contributed by atoms with Crippen LogP contribution in [-0.2, 0) is 16.6 Å². The normalized spacial score (nSPS) is 11.3. The van der Waals surface area contributed by atoms with Crippen molar-refractivity contribution in [2.45, 2.75) is 25.3 Å². The summed E-state index contributed by atoms with van der Waals surface area (Å²) in [5.41, 5.74) is 1.70. The standard InChI is InChI=1S/C26H26N2O5S/c1-4-32-21-16-14-20(15-17-21)28(34(29,30)22-10-6-5-7-11-22)18-24-19(2)33-26(27-24)23-12-8-9-13-25(23)31-3/h5-17H,4,18H2,1-3H3. The molecule has 0 aliphatic carbocycles. The number of oxazole rings is 1. The fourth-order valence-electron chi connectivity index (χ4n) is 3.56. The molecule has 0 saturated heterocycles. The minimum absolute atomic E-state index is 0.00427. The first kappa shape index (κ1) is 23.4. The van der Waals surface area contributed by atoms with Gasteiger partial charge in [-0.25, -0.2) is 13.4 Å². The molecule has 0 amide bonds. The lowest BCUT2D eigenvalue weighted by Gasteiger charge is -2.24. The van der Waals surface area contributed by atoms with Crippen LogP contribution in [0.4, 0.5) is 5.69 Å². The zero-order chi connectivity index (χ0) is 24.1. The van der Waals surface area contributed by atoms with Gasteiger partial charge < -0.3 is 13.9 Å². The Bertz CT molecular complexity index is 1350. The summed E-state index contributed by atoms with van der Waals surface area (Å²) in [5.74, 6) is 2.18. The van der Waals surface area contributed by atoms with Crippen LogP contribution in [0.15, 0.2) is 88.2 Å². The Labute approximate surface area is 199 Å². The SMILES string of the molecule is CCOc1ccc(N(Cc2nc(-c3ccccc3OC)oc2C)S(=O)(=O)c2ccccc2)cc1. The molecule has 7 nitrogen and oxygen atoms in total. The number of aryl methyl sites for hydroxylation is 1. The number of nitrogens with zero attached hydrogens (tertiary/aromatic N) is 2. The second kappa shape index (κ2) is 10.0. The van der Waals surface area contributed by atoms with Crippen molar-refractivity contribution in [2.24, 2.45) is 0 Å². The van der Waals surface area contributed by atoms with Crippen LogP contribution in [0.2, 0.25) is 0 Å². The van der Waals surface area contributed by atoms with E-state index in [0.717, 1.165) is 0 Å². The van der Waals surface area contributed by atoms with Crippen LogP contribution in [0.1, 0.15) is 18.4 Å². The highest BCUT2D eigenvalue weighted by atomic mass is 32.2. The third kappa shape index (κ3) is 4.77. The summed E-state index contributed by atoms with van der Waals surface area (Å²) >= 11 is 0. The average molecular weight is 479 g/mol. The Morgan fingerprint density at radius 2 is 1.62 bits per heavy atom. The summed E-state index contributed by atoms with van der Waals surface area (Å²) < 4.78 is 45.5. The molecule has 4 rings (SSSR count). The topological polar surface area (TPSA) is 81.9 Å². The van der Waals surface area contributed by atoms with Gasteiger partial charge in [0.05, 0.1) is 36.4 Å². The average Bonchev–Trinajstić information content (AvgIpc) is 3.23.